The van der Waals surface area contributed by atoms with Crippen molar-refractivity contribution in [3.63, 3.8) is 0 Å². The largest absolute Gasteiger partial charge is 0.505 e. The minimum atomic E-state index is -0.783. The van der Waals surface area contributed by atoms with Gasteiger partial charge in [0.25, 0.3) is 5.56 Å². The first-order valence-corrected chi connectivity index (χ1v) is 12.0. The number of hydrogen-bond acceptors (Lipinski definition) is 5. The minimum Gasteiger partial charge on any atom is -0.505 e. The van der Waals surface area contributed by atoms with Gasteiger partial charge in [0.2, 0.25) is 0 Å². The predicted octanol–water partition coefficient (Wildman–Crippen LogP) is 6.57. The third-order valence-electron chi connectivity index (χ3n) is 5.29. The van der Waals surface area contributed by atoms with Gasteiger partial charge in [-0.25, -0.2) is 9.18 Å². The van der Waals surface area contributed by atoms with Crippen LogP contribution < -0.4 is 11.2 Å². The second kappa shape index (κ2) is 8.94. The van der Waals surface area contributed by atoms with Crippen LogP contribution in [0.1, 0.15) is 5.56 Å². The average Bonchev–Trinajstić information content (AvgIpc) is 2.80. The van der Waals surface area contributed by atoms with Crippen LogP contribution in [-0.2, 0) is 6.54 Å². The van der Waals surface area contributed by atoms with E-state index < -0.39 is 22.8 Å². The summed E-state index contributed by atoms with van der Waals surface area (Å²) in [6.45, 7) is 0.0376. The van der Waals surface area contributed by atoms with Gasteiger partial charge in [0.1, 0.15) is 16.1 Å². The van der Waals surface area contributed by atoms with Crippen molar-refractivity contribution in [2.24, 2.45) is 0 Å². The molecule has 0 aliphatic carbocycles. The van der Waals surface area contributed by atoms with Crippen LogP contribution in [0.3, 0.4) is 0 Å². The molecule has 5 rings (SSSR count). The van der Waals surface area contributed by atoms with Crippen molar-refractivity contribution < 1.29 is 13.9 Å². The Labute approximate surface area is 209 Å². The molecule has 0 saturated heterocycles. The molecule has 0 aliphatic rings. The molecule has 0 atom stereocenters. The molecule has 9 heteroatoms. The monoisotopic (exact) mass is 557 g/mol. The Hall–Kier alpha value is -3.07. The zero-order valence-corrected chi connectivity index (χ0v) is 20.4. The fourth-order valence-electron chi connectivity index (χ4n) is 3.77. The number of nitrogens with zero attached hydrogens (tertiary/aromatic N) is 1. The summed E-state index contributed by atoms with van der Waals surface area (Å²) >= 11 is 10.6. The molecule has 170 valence electrons. The number of hydrogen-bond donors (Lipinski definition) is 1. The van der Waals surface area contributed by atoms with Crippen LogP contribution in [0.5, 0.6) is 5.75 Å². The normalized spacial score (nSPS) is 11.4. The Kier molecular flexibility index (Phi) is 5.97. The quantitative estimate of drug-likeness (QED) is 0.253. The zero-order valence-electron chi connectivity index (χ0n) is 17.2. The van der Waals surface area contributed by atoms with Crippen LogP contribution in [0.15, 0.2) is 95.0 Å². The van der Waals surface area contributed by atoms with E-state index in [0.29, 0.717) is 30.9 Å². The lowest BCUT2D eigenvalue weighted by Crippen LogP contribution is -2.23. The van der Waals surface area contributed by atoms with Gasteiger partial charge in [-0.15, -0.1) is 0 Å². The molecule has 0 aliphatic heterocycles. The SMILES string of the molecule is O=c1oc2c(c(O)c1Sc1ccccc1Br)c(=O)n(Cc1cccc(F)c1)c1ccc(Cl)cc21. The smallest absolute Gasteiger partial charge is 0.354 e. The molecule has 0 bridgehead atoms. The second-order valence-electron chi connectivity index (χ2n) is 7.49. The van der Waals surface area contributed by atoms with Gasteiger partial charge in [0.05, 0.1) is 12.1 Å². The molecule has 1 N–H and O–H groups in total. The molecule has 0 radical (unpaired) electrons. The van der Waals surface area contributed by atoms with Crippen molar-refractivity contribution in [2.75, 3.05) is 0 Å². The fourth-order valence-corrected chi connectivity index (χ4v) is 5.32. The summed E-state index contributed by atoms with van der Waals surface area (Å²) in [6.07, 6.45) is 0. The predicted molar refractivity (Wildman–Crippen MR) is 135 cm³/mol. The Balaban J connectivity index is 1.82. The highest BCUT2D eigenvalue weighted by atomic mass is 79.9. The summed E-state index contributed by atoms with van der Waals surface area (Å²) in [6, 6.07) is 17.8. The number of aromatic nitrogens is 1. The topological polar surface area (TPSA) is 72.4 Å². The Morgan fingerprint density at radius 1 is 1.06 bits per heavy atom. The van der Waals surface area contributed by atoms with E-state index in [2.05, 4.69) is 15.9 Å². The molecule has 3 aromatic carbocycles. The van der Waals surface area contributed by atoms with Crippen LogP contribution in [0.25, 0.3) is 21.9 Å². The number of pyridine rings is 1. The lowest BCUT2D eigenvalue weighted by Gasteiger charge is -2.14. The molecule has 5 nitrogen and oxygen atoms in total. The molecule has 0 fully saturated rings. The van der Waals surface area contributed by atoms with Crippen LogP contribution in [0, 0.1) is 5.82 Å². The molecule has 2 aromatic heterocycles. The molecule has 34 heavy (non-hydrogen) atoms. The Morgan fingerprint density at radius 3 is 2.62 bits per heavy atom. The van der Waals surface area contributed by atoms with E-state index in [1.54, 1.807) is 48.5 Å². The summed E-state index contributed by atoms with van der Waals surface area (Å²) in [5, 5.41) is 11.7. The summed E-state index contributed by atoms with van der Waals surface area (Å²) in [4.78, 5) is 27.0. The van der Waals surface area contributed by atoms with Gasteiger partial charge in [-0.1, -0.05) is 47.6 Å². The van der Waals surface area contributed by atoms with E-state index in [0.717, 1.165) is 11.8 Å². The standard InChI is InChI=1S/C25H14BrClFNO4S/c26-17-6-1-2-7-19(17)34-23-21(30)20-22(33-25(23)32)16-11-14(27)8-9-18(16)29(24(20)31)12-13-4-3-5-15(28)10-13/h1-11,30H,12H2. The maximum atomic E-state index is 13.8. The number of benzene rings is 3. The first kappa shape index (κ1) is 22.7. The molecule has 0 amide bonds. The van der Waals surface area contributed by atoms with E-state index in [1.165, 1.54) is 16.7 Å². The van der Waals surface area contributed by atoms with Crippen molar-refractivity contribution in [1.82, 2.24) is 4.57 Å². The van der Waals surface area contributed by atoms with Gasteiger partial charge in [-0.2, -0.15) is 0 Å². The van der Waals surface area contributed by atoms with E-state index in [-0.39, 0.29) is 22.4 Å². The fraction of sp³-hybridized carbons (Fsp3) is 0.0400. The maximum Gasteiger partial charge on any atom is 0.354 e. The Bertz CT molecular complexity index is 1720. The van der Waals surface area contributed by atoms with Gasteiger partial charge >= 0.3 is 5.63 Å². The molecule has 0 spiro atoms. The van der Waals surface area contributed by atoms with Crippen molar-refractivity contribution in [3.05, 3.63) is 108 Å². The molecule has 2 heterocycles. The van der Waals surface area contributed by atoms with E-state index in [1.807, 2.05) is 6.07 Å². The van der Waals surface area contributed by atoms with Crippen LogP contribution >= 0.6 is 39.3 Å². The summed E-state index contributed by atoms with van der Waals surface area (Å²) in [7, 11) is 0. The number of aromatic hydroxyl groups is 1. The first-order valence-electron chi connectivity index (χ1n) is 10.0. The Morgan fingerprint density at radius 2 is 1.85 bits per heavy atom. The minimum absolute atomic E-state index is 0.0376. The number of halogens is 3. The van der Waals surface area contributed by atoms with Crippen molar-refractivity contribution in [1.29, 1.82) is 0 Å². The van der Waals surface area contributed by atoms with E-state index in [4.69, 9.17) is 16.0 Å². The van der Waals surface area contributed by atoms with E-state index in [9.17, 15) is 19.1 Å². The zero-order chi connectivity index (χ0) is 24.0. The molecule has 5 aromatic rings. The van der Waals surface area contributed by atoms with Crippen LogP contribution in [0.2, 0.25) is 5.02 Å². The van der Waals surface area contributed by atoms with Crippen LogP contribution in [-0.4, -0.2) is 9.67 Å². The van der Waals surface area contributed by atoms with Crippen LogP contribution in [0.4, 0.5) is 4.39 Å². The maximum absolute atomic E-state index is 13.8. The number of fused-ring (bicyclic) bond motifs is 3. The van der Waals surface area contributed by atoms with Gasteiger partial charge in [0, 0.05) is 19.8 Å². The number of rotatable bonds is 4. The third-order valence-corrected chi connectivity index (χ3v) is 7.62. The average molecular weight is 559 g/mol. The van der Waals surface area contributed by atoms with Gasteiger partial charge in [0.15, 0.2) is 11.3 Å². The highest BCUT2D eigenvalue weighted by molar-refractivity contribution is 9.10. The van der Waals surface area contributed by atoms with Crippen molar-refractivity contribution in [3.8, 4) is 5.75 Å². The van der Waals surface area contributed by atoms with E-state index >= 15 is 0 Å². The van der Waals surface area contributed by atoms with Gasteiger partial charge in [-0.05, 0) is 64.0 Å². The molecule has 0 saturated carbocycles. The van der Waals surface area contributed by atoms with Crippen molar-refractivity contribution >= 4 is 61.2 Å². The first-order chi connectivity index (χ1) is 16.3. The molecular weight excluding hydrogens is 545 g/mol. The highest BCUT2D eigenvalue weighted by Crippen LogP contribution is 2.39. The summed E-state index contributed by atoms with van der Waals surface area (Å²) in [5.74, 6) is -0.911. The second-order valence-corrected chi connectivity index (χ2v) is 9.83. The lowest BCUT2D eigenvalue weighted by molar-refractivity contribution is 0.446. The molecular formula is C25H14BrClFNO4S. The third kappa shape index (κ3) is 4.02. The molecule has 0 unspecified atom stereocenters. The lowest BCUT2D eigenvalue weighted by atomic mass is 10.1. The highest BCUT2D eigenvalue weighted by Gasteiger charge is 2.23. The van der Waals surface area contributed by atoms with Gasteiger partial charge < -0.3 is 14.1 Å². The summed E-state index contributed by atoms with van der Waals surface area (Å²) in [5.41, 5.74) is -0.437. The van der Waals surface area contributed by atoms with Crippen molar-refractivity contribution in [2.45, 2.75) is 16.3 Å². The van der Waals surface area contributed by atoms with Gasteiger partial charge in [-0.3, -0.25) is 4.79 Å². The summed E-state index contributed by atoms with van der Waals surface area (Å²) < 4.78 is 21.5.